The first kappa shape index (κ1) is 52.5. The zero-order valence-corrected chi connectivity index (χ0v) is 42.8. The SMILES string of the molecule is CCn1c(-c2cccnc2COC)c2c3cc(ccc31)-c1cc(O)cc(c1)C[C@H](NC(=O)[C@H](C(C)C)N(C)C(=O)[C@H]1C[C@@H](C)N(C(=O)C#CCN(C)C)C1)C(=O)N1CCC[C@@](O)(N1)C(=O)OCC(C)(C)C2. The number of esters is 1. The van der Waals surface area contributed by atoms with Crippen molar-refractivity contribution in [1.82, 2.24) is 40.0 Å². The van der Waals surface area contributed by atoms with Gasteiger partial charge in [-0.05, 0) is 118 Å². The highest BCUT2D eigenvalue weighted by molar-refractivity contribution is 5.97. The Morgan fingerprint density at radius 1 is 1.08 bits per heavy atom. The summed E-state index contributed by atoms with van der Waals surface area (Å²) < 4.78 is 13.8. The molecule has 6 bridgehead atoms. The molecule has 17 nitrogen and oxygen atoms in total. The first-order valence-corrected chi connectivity index (χ1v) is 24.6. The smallest absolute Gasteiger partial charge is 0.355 e. The van der Waals surface area contributed by atoms with Gasteiger partial charge in [-0.1, -0.05) is 45.7 Å². The molecule has 0 radical (unpaired) electrons. The molecule has 0 unspecified atom stereocenters. The van der Waals surface area contributed by atoms with E-state index in [0.29, 0.717) is 37.1 Å². The number of hydrogen-bond acceptors (Lipinski definition) is 12. The zero-order chi connectivity index (χ0) is 51.5. The summed E-state index contributed by atoms with van der Waals surface area (Å²) in [7, 11) is 6.90. The normalized spacial score (nSPS) is 21.9. The number of aromatic hydroxyl groups is 1. The highest BCUT2D eigenvalue weighted by Gasteiger charge is 2.46. The van der Waals surface area contributed by atoms with E-state index in [1.165, 1.54) is 11.0 Å². The lowest BCUT2D eigenvalue weighted by Gasteiger charge is -2.40. The predicted octanol–water partition coefficient (Wildman–Crippen LogP) is 4.50. The number of likely N-dealkylation sites (tertiary alicyclic amines) is 1. The molecule has 4 N–H and O–H groups in total. The molecule has 2 aromatic heterocycles. The largest absolute Gasteiger partial charge is 0.508 e. The van der Waals surface area contributed by atoms with Gasteiger partial charge in [0.25, 0.3) is 11.8 Å². The third kappa shape index (κ3) is 11.4. The summed E-state index contributed by atoms with van der Waals surface area (Å²) in [5, 5.41) is 28.3. The minimum Gasteiger partial charge on any atom is -0.508 e. The standard InChI is InChI=1S/C54H70N8O9/c1-11-60-45-18-17-36-28-41(45)42(48(60)40-15-12-20-55-44(40)31-70-10)29-53(5,6)32-71-52(68)54(69)19-14-22-62(57-54)51(67)43(26-35-24-37(36)27-39(63)25-35)56-49(65)47(33(2)3)59(9)50(66)38-23-34(4)61(30-38)46(64)16-13-21-58(7)8/h12,15,17-18,20,24-25,27-28,33-34,38,43,47,57,63,69H,11,14,19,21-23,26,29-32H2,1-10H3,(H,56,65)/t34-,38+,43+,47+,54+/m1/s1. The molecular weight excluding hydrogens is 905 g/mol. The van der Waals surface area contributed by atoms with Crippen LogP contribution in [0.5, 0.6) is 5.75 Å². The van der Waals surface area contributed by atoms with Crippen LogP contribution < -0.4 is 10.7 Å². The maximum absolute atomic E-state index is 14.8. The van der Waals surface area contributed by atoms with Crippen LogP contribution in [0.25, 0.3) is 33.3 Å². The third-order valence-electron chi connectivity index (χ3n) is 13.8. The molecule has 0 spiro atoms. The van der Waals surface area contributed by atoms with Gasteiger partial charge in [0.05, 0.1) is 37.1 Å². The Morgan fingerprint density at radius 2 is 1.85 bits per heavy atom. The molecule has 5 atom stereocenters. The summed E-state index contributed by atoms with van der Waals surface area (Å²) in [5.41, 5.74) is 6.37. The number of hydrogen-bond donors (Lipinski definition) is 4. The van der Waals surface area contributed by atoms with Crippen LogP contribution in [0.1, 0.15) is 77.6 Å². The fraction of sp³-hybridized carbons (Fsp3) is 0.519. The van der Waals surface area contributed by atoms with Gasteiger partial charge >= 0.3 is 5.97 Å². The number of methoxy groups -OCH3 is 1. The van der Waals surface area contributed by atoms with Crippen molar-refractivity contribution in [2.24, 2.45) is 17.3 Å². The monoisotopic (exact) mass is 975 g/mol. The van der Waals surface area contributed by atoms with E-state index in [2.05, 4.69) is 46.2 Å². The number of amides is 4. The number of hydrazine groups is 1. The molecule has 380 valence electrons. The van der Waals surface area contributed by atoms with Gasteiger partial charge in [0.2, 0.25) is 17.5 Å². The van der Waals surface area contributed by atoms with Gasteiger partial charge in [-0.2, -0.15) is 5.43 Å². The van der Waals surface area contributed by atoms with Gasteiger partial charge in [0.15, 0.2) is 0 Å². The zero-order valence-electron chi connectivity index (χ0n) is 42.8. The predicted molar refractivity (Wildman–Crippen MR) is 269 cm³/mol. The van der Waals surface area contributed by atoms with E-state index in [4.69, 9.17) is 14.5 Å². The number of cyclic esters (lactones) is 1. The van der Waals surface area contributed by atoms with E-state index in [0.717, 1.165) is 44.0 Å². The molecule has 4 amide bonds. The van der Waals surface area contributed by atoms with Crippen molar-refractivity contribution in [3.05, 3.63) is 71.5 Å². The minimum absolute atomic E-state index is 0.0447. The molecule has 5 heterocycles. The Morgan fingerprint density at radius 3 is 2.55 bits per heavy atom. The van der Waals surface area contributed by atoms with Crippen LogP contribution in [0.3, 0.4) is 0 Å². The van der Waals surface area contributed by atoms with Crippen LogP contribution in [0, 0.1) is 29.1 Å². The van der Waals surface area contributed by atoms with E-state index >= 15 is 0 Å². The number of carbonyl (C=O) groups is 5. The number of ether oxygens (including phenoxy) is 2. The molecule has 4 aromatic rings. The van der Waals surface area contributed by atoms with Crippen molar-refractivity contribution in [2.75, 3.05) is 54.5 Å². The van der Waals surface area contributed by atoms with Crippen LogP contribution in [-0.4, -0.2) is 147 Å². The number of rotatable bonds is 10. The molecule has 0 saturated carbocycles. The average molecular weight is 975 g/mol. The highest BCUT2D eigenvalue weighted by atomic mass is 16.6. The molecule has 2 aromatic carbocycles. The number of benzene rings is 2. The minimum atomic E-state index is -2.27. The quantitative estimate of drug-likeness (QED) is 0.129. The summed E-state index contributed by atoms with van der Waals surface area (Å²) in [6, 6.07) is 12.5. The van der Waals surface area contributed by atoms with Crippen molar-refractivity contribution in [2.45, 2.75) is 111 Å². The number of aromatic nitrogens is 2. The molecule has 7 rings (SSSR count). The Labute approximate surface area is 416 Å². The van der Waals surface area contributed by atoms with Gasteiger partial charge in [-0.15, -0.1) is 0 Å². The first-order chi connectivity index (χ1) is 33.6. The fourth-order valence-corrected chi connectivity index (χ4v) is 10.4. The van der Waals surface area contributed by atoms with Crippen LogP contribution >= 0.6 is 0 Å². The number of phenolic OH excluding ortho intramolecular Hbond substituents is 1. The number of fused-ring (bicyclic) bond motifs is 6. The van der Waals surface area contributed by atoms with Crippen molar-refractivity contribution in [3.8, 4) is 40.0 Å². The molecule has 3 aliphatic heterocycles. The maximum Gasteiger partial charge on any atom is 0.355 e. The summed E-state index contributed by atoms with van der Waals surface area (Å²) in [5.74, 6) is 1.61. The van der Waals surface area contributed by atoms with Crippen LogP contribution in [-0.2, 0) is 59.4 Å². The molecule has 3 aliphatic rings. The maximum atomic E-state index is 14.8. The van der Waals surface area contributed by atoms with Crippen LogP contribution in [0.2, 0.25) is 0 Å². The lowest BCUT2D eigenvalue weighted by molar-refractivity contribution is -0.189. The van der Waals surface area contributed by atoms with Gasteiger partial charge in [-0.3, -0.25) is 34.1 Å². The Hall–Kier alpha value is -6.32. The Kier molecular flexibility index (Phi) is 16.0. The number of nitrogens with zero attached hydrogens (tertiary/aromatic N) is 6. The Bertz CT molecular complexity index is 2740. The van der Waals surface area contributed by atoms with Gasteiger partial charge in [0, 0.05) is 80.8 Å². The number of nitrogens with one attached hydrogen (secondary N) is 2. The van der Waals surface area contributed by atoms with Gasteiger partial charge in [0.1, 0.15) is 17.8 Å². The lowest BCUT2D eigenvalue weighted by Crippen LogP contribution is -2.67. The van der Waals surface area contributed by atoms with Crippen molar-refractivity contribution in [3.63, 3.8) is 0 Å². The Balaban J connectivity index is 1.27. The van der Waals surface area contributed by atoms with Crippen molar-refractivity contribution < 1.29 is 43.7 Å². The number of aryl methyl sites for hydroxylation is 1. The second-order valence-electron chi connectivity index (χ2n) is 20.8. The van der Waals surface area contributed by atoms with Crippen LogP contribution in [0.4, 0.5) is 0 Å². The number of aliphatic hydroxyl groups is 1. The summed E-state index contributed by atoms with van der Waals surface area (Å²) in [6.45, 7) is 13.1. The first-order valence-electron chi connectivity index (χ1n) is 24.6. The summed E-state index contributed by atoms with van der Waals surface area (Å²) in [6.07, 6.45) is 2.66. The third-order valence-corrected chi connectivity index (χ3v) is 13.8. The molecule has 2 fully saturated rings. The molecule has 71 heavy (non-hydrogen) atoms. The van der Waals surface area contributed by atoms with Crippen LogP contribution in [0.15, 0.2) is 54.7 Å². The van der Waals surface area contributed by atoms with Crippen molar-refractivity contribution >= 4 is 40.5 Å². The lowest BCUT2D eigenvalue weighted by atomic mass is 9.84. The van der Waals surface area contributed by atoms with E-state index in [1.54, 1.807) is 31.3 Å². The van der Waals surface area contributed by atoms with E-state index in [9.17, 15) is 34.2 Å². The average Bonchev–Trinajstić information content (AvgIpc) is 3.86. The topological polar surface area (TPSA) is 199 Å². The summed E-state index contributed by atoms with van der Waals surface area (Å²) in [4.78, 5) is 80.4. The highest BCUT2D eigenvalue weighted by Crippen LogP contribution is 2.41. The number of pyridine rings is 1. The van der Waals surface area contributed by atoms with Crippen molar-refractivity contribution in [1.29, 1.82) is 0 Å². The molecule has 0 aliphatic carbocycles. The van der Waals surface area contributed by atoms with Gasteiger partial charge in [-0.25, -0.2) is 4.79 Å². The fourth-order valence-electron chi connectivity index (χ4n) is 10.4. The number of phenols is 1. The van der Waals surface area contributed by atoms with E-state index in [1.807, 2.05) is 77.9 Å². The van der Waals surface area contributed by atoms with Gasteiger partial charge < -0.3 is 39.4 Å². The second-order valence-corrected chi connectivity index (χ2v) is 20.8. The molecular formula is C54H70N8O9. The number of likely N-dealkylation sites (N-methyl/N-ethyl adjacent to an activating group) is 1. The second kappa shape index (κ2) is 21.6. The molecule has 2 saturated heterocycles. The number of carbonyl (C=O) groups excluding carboxylic acids is 5. The summed E-state index contributed by atoms with van der Waals surface area (Å²) >= 11 is 0. The van der Waals surface area contributed by atoms with E-state index < -0.39 is 52.8 Å². The van der Waals surface area contributed by atoms with E-state index in [-0.39, 0.29) is 69.2 Å². The molecule has 17 heteroatoms.